The van der Waals surface area contributed by atoms with Crippen LogP contribution in [0.2, 0.25) is 0 Å². The zero-order chi connectivity index (χ0) is 102. The molecular weight excluding hydrogens is 1870 g/mol. The highest BCUT2D eigenvalue weighted by molar-refractivity contribution is 8.77. The van der Waals surface area contributed by atoms with E-state index in [1.807, 2.05) is 27.7 Å². The van der Waals surface area contributed by atoms with Gasteiger partial charge in [-0.2, -0.15) is 0 Å². The highest BCUT2D eigenvalue weighted by atomic mass is 33.1. The van der Waals surface area contributed by atoms with Crippen LogP contribution in [-0.4, -0.2) is 290 Å². The number of amides is 22. The summed E-state index contributed by atoms with van der Waals surface area (Å²) in [5, 5.41) is 55.5. The quantitative estimate of drug-likeness (QED) is 0.0290. The molecule has 30 N–H and O–H groups in total. The maximum Gasteiger partial charge on any atom is 0.246 e. The molecule has 0 radical (unpaired) electrons. The van der Waals surface area contributed by atoms with Crippen molar-refractivity contribution in [2.45, 2.75) is 255 Å². The van der Waals surface area contributed by atoms with E-state index in [4.69, 9.17) is 40.1 Å². The molecule has 0 aromatic heterocycles. The van der Waals surface area contributed by atoms with E-state index < -0.39 is 278 Å². The lowest BCUT2D eigenvalue weighted by molar-refractivity contribution is -0.142. The molecule has 0 bridgehead atoms. The number of phenolic OH excluding ortho intramolecular Hbond substituents is 2. The molecule has 2 aromatic carbocycles. The lowest BCUT2D eigenvalue weighted by Gasteiger charge is -2.31. The normalized spacial score (nSPS) is 23.8. The fourth-order valence-electron chi connectivity index (χ4n) is 14.7. The average molecular weight is 2000 g/mol. The first-order valence-electron chi connectivity index (χ1n) is 44.9. The van der Waals surface area contributed by atoms with Gasteiger partial charge in [-0.15, -0.1) is 0 Å². The second-order valence-electron chi connectivity index (χ2n) is 34.5. The van der Waals surface area contributed by atoms with E-state index in [0.717, 1.165) is 43.2 Å². The molecule has 4 fully saturated rings. The number of carbonyl (C=O) groups excluding carboxylic acids is 22. The van der Waals surface area contributed by atoms with Gasteiger partial charge in [0.1, 0.15) is 96.1 Å². The minimum Gasteiger partial charge on any atom is -0.508 e. The number of nitrogens with one attached hydrogen (secondary N) is 14. The molecule has 4 aliphatic heterocycles. The summed E-state index contributed by atoms with van der Waals surface area (Å²) in [6.07, 6.45) is -1.32. The lowest BCUT2D eigenvalue weighted by atomic mass is 9.96. The minimum absolute atomic E-state index is 0.0255. The van der Waals surface area contributed by atoms with Crippen molar-refractivity contribution in [3.05, 3.63) is 59.7 Å². The van der Waals surface area contributed by atoms with Crippen LogP contribution in [0, 0.1) is 23.7 Å². The van der Waals surface area contributed by atoms with Gasteiger partial charge < -0.3 is 135 Å². The van der Waals surface area contributed by atoms with Crippen LogP contribution in [0.15, 0.2) is 48.5 Å². The first-order chi connectivity index (χ1) is 64.6. The maximum absolute atomic E-state index is 14.5. The molecular formula is C86H131N23O24S4. The number of carbonyl (C=O) groups is 22. The molecule has 17 atom stereocenters. The summed E-state index contributed by atoms with van der Waals surface area (Å²) in [6.45, 7) is 13.3. The number of likely N-dealkylation sites (tertiary alicyclic amines) is 2. The topological polar surface area (TPSA) is 773 Å². The fourth-order valence-corrected chi connectivity index (χ4v) is 19.1. The first-order valence-corrected chi connectivity index (χ1v) is 49.9. The van der Waals surface area contributed by atoms with Crippen LogP contribution in [0.25, 0.3) is 0 Å². The van der Waals surface area contributed by atoms with E-state index in [-0.39, 0.29) is 111 Å². The Labute approximate surface area is 808 Å². The van der Waals surface area contributed by atoms with E-state index in [1.165, 1.54) is 46.2 Å². The van der Waals surface area contributed by atoms with Crippen LogP contribution < -0.4 is 115 Å². The van der Waals surface area contributed by atoms with Crippen molar-refractivity contribution in [2.75, 3.05) is 49.2 Å². The zero-order valence-electron chi connectivity index (χ0n) is 77.7. The van der Waals surface area contributed by atoms with Gasteiger partial charge in [-0.3, -0.25) is 105 Å². The molecule has 2 aromatic rings. The Morgan fingerprint density at radius 2 is 0.759 bits per heavy atom. The first kappa shape index (κ1) is 115. The van der Waals surface area contributed by atoms with Crippen LogP contribution in [0.4, 0.5) is 0 Å². The lowest BCUT2D eigenvalue weighted by Crippen LogP contribution is -2.61. The number of hydrogen-bond donors (Lipinski definition) is 23. The van der Waals surface area contributed by atoms with Crippen LogP contribution >= 0.6 is 43.2 Å². The van der Waals surface area contributed by atoms with Gasteiger partial charge in [-0.25, -0.2) is 0 Å². The van der Waals surface area contributed by atoms with E-state index in [9.17, 15) is 116 Å². The second kappa shape index (κ2) is 57.7. The highest BCUT2D eigenvalue weighted by Crippen LogP contribution is 2.29. The minimum atomic E-state index is -1.75. The standard InChI is InChI=1S/C43H66N12O12S2.C43H65N11O12S2/c1-5-22(4)35-42(66)49-26(12-13-32(45)57)38(62)51-29(17-33(46)58)39(63)53-30(20-69-68-19-25(44)36(60)50-28(40(64)54-35)16-23-8-10-24(56)11-9-23)43(67)55-14-6-7-31(55)41(65)52-27(15-21(2)3)37(61)48-18-34(47)59;1-5-23(4)36-42(65)49-26(12-13-32(44)56)38(61)50-29(19-33(45)57)39(62)52-30(21-68-67-16-14-35(59)48-28(40(63)53-36)18-24-8-10-25(55)11-9-24)43(66)54-15-6-7-31(54)41(64)51-27(17-22(2)3)37(60)47-20-34(46)58/h8-11,21-22,25-31,35,56H,5-7,12-20,44H2,1-4H3,(H2,45,57)(H2,46,58)(H2,47,59)(H,48,61)(H,49,66)(H,50,60)(H,51,62)(H,52,65)(H,53,63)(H,54,64);8-11,22-23,26-31,36,55H,5-7,12-21H2,1-4H3,(H2,44,56)(H2,45,57)(H2,46,58)(H,47,60)(H,48,59)(H,49,65)(H,50,61)(H,51,64)(H,52,62)(H,53,63)/t22-,25-,26-,27-,28-,29-,30-,31-,35-;23-,26-,27-,28-,29-,30-,31-,36-/m00/s1. The molecule has 0 saturated carbocycles. The van der Waals surface area contributed by atoms with Crippen LogP contribution in [-0.2, 0) is 118 Å². The smallest absolute Gasteiger partial charge is 0.246 e. The molecule has 137 heavy (non-hydrogen) atoms. The molecule has 0 unspecified atom stereocenters. The molecule has 22 amide bonds. The Kier molecular flexibility index (Phi) is 48.5. The molecule has 0 aliphatic carbocycles. The van der Waals surface area contributed by atoms with Gasteiger partial charge >= 0.3 is 0 Å². The van der Waals surface area contributed by atoms with E-state index in [0.29, 0.717) is 36.8 Å². The van der Waals surface area contributed by atoms with Gasteiger partial charge in [-0.05, 0) is 110 Å². The molecule has 4 aliphatic rings. The zero-order valence-corrected chi connectivity index (χ0v) is 81.0. The van der Waals surface area contributed by atoms with Gasteiger partial charge in [0.05, 0.1) is 32.0 Å². The molecule has 51 heteroatoms. The Hall–Kier alpha value is -12.3. The molecule has 4 saturated heterocycles. The number of nitrogens with two attached hydrogens (primary N) is 7. The number of benzene rings is 2. The van der Waals surface area contributed by atoms with Crippen LogP contribution in [0.1, 0.15) is 163 Å². The van der Waals surface area contributed by atoms with Gasteiger partial charge in [0.2, 0.25) is 130 Å². The van der Waals surface area contributed by atoms with Gasteiger partial charge in [0, 0.05) is 68.2 Å². The van der Waals surface area contributed by atoms with Crippen molar-refractivity contribution >= 4 is 173 Å². The molecule has 0 spiro atoms. The van der Waals surface area contributed by atoms with Crippen LogP contribution in [0.3, 0.4) is 0 Å². The average Bonchev–Trinajstić information content (AvgIpc) is 1.73. The summed E-state index contributed by atoms with van der Waals surface area (Å²) >= 11 is 0. The van der Waals surface area contributed by atoms with Gasteiger partial charge in [0.15, 0.2) is 0 Å². The van der Waals surface area contributed by atoms with Crippen molar-refractivity contribution in [1.29, 1.82) is 0 Å². The van der Waals surface area contributed by atoms with Gasteiger partial charge in [-0.1, -0.05) is 136 Å². The molecule has 6 rings (SSSR count). The number of primary amides is 6. The number of nitrogens with zero attached hydrogens (tertiary/aromatic N) is 2. The number of hydrogen-bond acceptors (Lipinski definition) is 29. The summed E-state index contributed by atoms with van der Waals surface area (Å²) in [6, 6.07) is -8.48. The van der Waals surface area contributed by atoms with Crippen LogP contribution in [0.5, 0.6) is 11.5 Å². The molecule has 4 heterocycles. The van der Waals surface area contributed by atoms with E-state index in [1.54, 1.807) is 39.8 Å². The summed E-state index contributed by atoms with van der Waals surface area (Å²) < 4.78 is 0. The maximum atomic E-state index is 14.5. The monoisotopic (exact) mass is 2000 g/mol. The van der Waals surface area contributed by atoms with Crippen molar-refractivity contribution in [2.24, 2.45) is 63.8 Å². The molecule has 758 valence electrons. The number of phenols is 2. The third-order valence-corrected chi connectivity index (χ3v) is 27.3. The van der Waals surface area contributed by atoms with Crippen molar-refractivity contribution < 1.29 is 116 Å². The predicted octanol–water partition coefficient (Wildman–Crippen LogP) is -6.15. The third-order valence-electron chi connectivity index (χ3n) is 22.4. The fraction of sp³-hybridized carbons (Fsp3) is 0.605. The number of rotatable bonds is 34. The Morgan fingerprint density at radius 3 is 1.12 bits per heavy atom. The number of aromatic hydroxyl groups is 2. The SMILES string of the molecule is CC[C@H](C)[C@@H]1NC(=O)[C@H](Cc2ccc(O)cc2)NC(=O)CCSSC[C@@H](C(=O)N2CCC[C@H]2C(=O)N[C@@H](CC(C)C)C(=O)NCC(N)=O)NC(=O)[C@H](CC(N)=O)NC(=O)[C@H](CCC(N)=O)NC1=O.CC[C@H](C)[C@@H]1NC(=O)[C@H](Cc2ccc(O)cc2)NC(=O)[C@@H](N)CSSC[C@@H](C(=O)N2CCC[C@H]2C(=O)N[C@@H](CC(C)C)C(=O)NCC(N)=O)NC(=O)[C@H](CC(N)=O)NC(=O)[C@H](CCC(N)=O)NC1=O. The summed E-state index contributed by atoms with van der Waals surface area (Å²) in [5.41, 5.74) is 39.6. The van der Waals surface area contributed by atoms with E-state index >= 15 is 0 Å². The Balaban J connectivity index is 0.000000484. The van der Waals surface area contributed by atoms with Gasteiger partial charge in [0.25, 0.3) is 0 Å². The summed E-state index contributed by atoms with van der Waals surface area (Å²) in [5.74, 6) is -20.0. The predicted molar refractivity (Wildman–Crippen MR) is 505 cm³/mol. The van der Waals surface area contributed by atoms with E-state index in [2.05, 4.69) is 74.4 Å². The molecule has 47 nitrogen and oxygen atoms in total. The van der Waals surface area contributed by atoms with Crippen molar-refractivity contribution in [1.82, 2.24) is 84.2 Å². The Bertz CT molecular complexity index is 4620. The largest absolute Gasteiger partial charge is 0.508 e. The summed E-state index contributed by atoms with van der Waals surface area (Å²) in [4.78, 5) is 296. The van der Waals surface area contributed by atoms with Crippen molar-refractivity contribution in [3.63, 3.8) is 0 Å². The van der Waals surface area contributed by atoms with Crippen molar-refractivity contribution in [3.8, 4) is 11.5 Å². The highest BCUT2D eigenvalue weighted by Gasteiger charge is 2.45. The second-order valence-corrected chi connectivity index (χ2v) is 39.7. The third kappa shape index (κ3) is 39.8. The summed E-state index contributed by atoms with van der Waals surface area (Å²) in [7, 11) is 4.29. The Morgan fingerprint density at radius 1 is 0.416 bits per heavy atom.